The monoisotopic (exact) mass is 315 g/mol. The van der Waals surface area contributed by atoms with Crippen LogP contribution in [0.3, 0.4) is 0 Å². The summed E-state index contributed by atoms with van der Waals surface area (Å²) in [6.07, 6.45) is 3.60. The molecule has 2 heterocycles. The molecule has 6 heteroatoms. The van der Waals surface area contributed by atoms with Crippen LogP contribution < -0.4 is 4.90 Å². The highest BCUT2D eigenvalue weighted by Gasteiger charge is 2.20. The van der Waals surface area contributed by atoms with Crippen molar-refractivity contribution in [2.24, 2.45) is 0 Å². The highest BCUT2D eigenvalue weighted by molar-refractivity contribution is 5.97. The normalized spacial score (nSPS) is 18.1. The molecule has 1 aliphatic heterocycles. The van der Waals surface area contributed by atoms with Crippen molar-refractivity contribution < 1.29 is 9.66 Å². The third-order valence-electron chi connectivity index (χ3n) is 4.28. The lowest BCUT2D eigenvalue weighted by atomic mass is 10.1. The predicted octanol–water partition coefficient (Wildman–Crippen LogP) is 3.46. The van der Waals surface area contributed by atoms with Gasteiger partial charge in [-0.1, -0.05) is 12.1 Å². The van der Waals surface area contributed by atoms with E-state index in [2.05, 4.69) is 9.88 Å². The number of hydrogen-bond acceptors (Lipinski definition) is 5. The fourth-order valence-corrected chi connectivity index (χ4v) is 3.16. The highest BCUT2D eigenvalue weighted by atomic mass is 16.6. The summed E-state index contributed by atoms with van der Waals surface area (Å²) in [7, 11) is 2.00. The zero-order valence-corrected chi connectivity index (χ0v) is 13.5. The molecule has 2 aromatic rings. The number of likely N-dealkylation sites (N-methyl/N-ethyl adjacent to an activating group) is 1. The predicted molar refractivity (Wildman–Crippen MR) is 90.0 cm³/mol. The van der Waals surface area contributed by atoms with Gasteiger partial charge in [-0.15, -0.1) is 0 Å². The first-order chi connectivity index (χ1) is 11.1. The Morgan fingerprint density at radius 3 is 2.96 bits per heavy atom. The second-order valence-electron chi connectivity index (χ2n) is 6.08. The summed E-state index contributed by atoms with van der Waals surface area (Å²) in [5, 5.41) is 12.1. The van der Waals surface area contributed by atoms with Gasteiger partial charge in [-0.25, -0.2) is 4.98 Å². The van der Waals surface area contributed by atoms with Crippen molar-refractivity contribution in [3.63, 3.8) is 0 Å². The third-order valence-corrected chi connectivity index (χ3v) is 4.28. The average Bonchev–Trinajstić information content (AvgIpc) is 2.54. The molecule has 23 heavy (non-hydrogen) atoms. The Morgan fingerprint density at radius 2 is 2.26 bits per heavy atom. The standard InChI is InChI=1S/C17H21N3O3/c1-12-10-16(19(2)11-13-6-3-4-9-23-13)14-7-5-8-15(20(21)22)17(14)18-12/h5,7-8,10,13H,3-4,6,9,11H2,1-2H3. The number of rotatable bonds is 4. The third kappa shape index (κ3) is 3.27. The minimum atomic E-state index is -0.372. The van der Waals surface area contributed by atoms with E-state index in [1.165, 1.54) is 12.5 Å². The number of non-ortho nitro benzene ring substituents is 1. The van der Waals surface area contributed by atoms with Crippen molar-refractivity contribution in [1.29, 1.82) is 0 Å². The van der Waals surface area contributed by atoms with Crippen LogP contribution in [0.25, 0.3) is 10.9 Å². The molecule has 1 aromatic heterocycles. The summed E-state index contributed by atoms with van der Waals surface area (Å²) < 4.78 is 5.81. The lowest BCUT2D eigenvalue weighted by Crippen LogP contribution is -2.33. The molecule has 3 rings (SSSR count). The van der Waals surface area contributed by atoms with E-state index < -0.39 is 0 Å². The molecule has 1 saturated heterocycles. The highest BCUT2D eigenvalue weighted by Crippen LogP contribution is 2.32. The molecule has 1 unspecified atom stereocenters. The smallest absolute Gasteiger partial charge is 0.295 e. The van der Waals surface area contributed by atoms with E-state index in [4.69, 9.17) is 4.74 Å². The number of nitrogens with zero attached hydrogens (tertiary/aromatic N) is 3. The summed E-state index contributed by atoms with van der Waals surface area (Å²) in [5.41, 5.74) is 2.24. The number of nitro groups is 1. The van der Waals surface area contributed by atoms with Gasteiger partial charge in [-0.3, -0.25) is 10.1 Å². The van der Waals surface area contributed by atoms with Gasteiger partial charge in [-0.05, 0) is 32.3 Å². The number of pyridine rings is 1. The van der Waals surface area contributed by atoms with E-state index in [-0.39, 0.29) is 16.7 Å². The van der Waals surface area contributed by atoms with Crippen LogP contribution in [0.1, 0.15) is 25.0 Å². The number of hydrogen-bond donors (Lipinski definition) is 0. The molecule has 0 saturated carbocycles. The molecule has 1 aromatic carbocycles. The van der Waals surface area contributed by atoms with Gasteiger partial charge in [0.05, 0.1) is 11.0 Å². The molecule has 122 valence electrons. The Kier molecular flexibility index (Phi) is 4.43. The van der Waals surface area contributed by atoms with Crippen molar-refractivity contribution in [3.8, 4) is 0 Å². The fraction of sp³-hybridized carbons (Fsp3) is 0.471. The van der Waals surface area contributed by atoms with Gasteiger partial charge in [0.1, 0.15) is 0 Å². The topological polar surface area (TPSA) is 68.5 Å². The summed E-state index contributed by atoms with van der Waals surface area (Å²) >= 11 is 0. The van der Waals surface area contributed by atoms with Gasteiger partial charge >= 0.3 is 0 Å². The van der Waals surface area contributed by atoms with E-state index >= 15 is 0 Å². The molecule has 6 nitrogen and oxygen atoms in total. The van der Waals surface area contributed by atoms with Crippen LogP contribution in [-0.2, 0) is 4.74 Å². The fourth-order valence-electron chi connectivity index (χ4n) is 3.16. The number of para-hydroxylation sites is 1. The van der Waals surface area contributed by atoms with E-state index in [0.29, 0.717) is 5.52 Å². The van der Waals surface area contributed by atoms with Crippen LogP contribution in [0.4, 0.5) is 11.4 Å². The van der Waals surface area contributed by atoms with Crippen LogP contribution in [0.2, 0.25) is 0 Å². The lowest BCUT2D eigenvalue weighted by Gasteiger charge is -2.29. The number of anilines is 1. The van der Waals surface area contributed by atoms with Gasteiger partial charge in [-0.2, -0.15) is 0 Å². The van der Waals surface area contributed by atoms with Crippen LogP contribution in [0.5, 0.6) is 0 Å². The molecular weight excluding hydrogens is 294 g/mol. The molecule has 1 aliphatic rings. The number of aromatic nitrogens is 1. The van der Waals surface area contributed by atoms with Gasteiger partial charge in [0.2, 0.25) is 0 Å². The molecule has 0 N–H and O–H groups in total. The second kappa shape index (κ2) is 6.50. The largest absolute Gasteiger partial charge is 0.376 e. The first kappa shape index (κ1) is 15.7. The molecule has 1 fully saturated rings. The second-order valence-corrected chi connectivity index (χ2v) is 6.08. The summed E-state index contributed by atoms with van der Waals surface area (Å²) in [4.78, 5) is 17.4. The Bertz CT molecular complexity index is 726. The Labute approximate surface area is 135 Å². The zero-order chi connectivity index (χ0) is 16.4. The maximum absolute atomic E-state index is 11.3. The van der Waals surface area contributed by atoms with E-state index in [1.54, 1.807) is 6.07 Å². The summed E-state index contributed by atoms with van der Waals surface area (Å²) in [6, 6.07) is 7.09. The minimum absolute atomic E-state index is 0.0507. The van der Waals surface area contributed by atoms with Crippen molar-refractivity contribution in [1.82, 2.24) is 4.98 Å². The van der Waals surface area contributed by atoms with Crippen molar-refractivity contribution in [2.45, 2.75) is 32.3 Å². The zero-order valence-electron chi connectivity index (χ0n) is 13.5. The van der Waals surface area contributed by atoms with E-state index in [0.717, 1.165) is 42.8 Å². The molecular formula is C17H21N3O3. The van der Waals surface area contributed by atoms with Crippen LogP contribution >= 0.6 is 0 Å². The molecule has 0 aliphatic carbocycles. The molecule has 0 spiro atoms. The maximum Gasteiger partial charge on any atom is 0.295 e. The Morgan fingerprint density at radius 1 is 1.43 bits per heavy atom. The van der Waals surface area contributed by atoms with Gasteiger partial charge in [0, 0.05) is 43.0 Å². The lowest BCUT2D eigenvalue weighted by molar-refractivity contribution is -0.383. The maximum atomic E-state index is 11.3. The van der Waals surface area contributed by atoms with Crippen LogP contribution in [0, 0.1) is 17.0 Å². The number of fused-ring (bicyclic) bond motifs is 1. The first-order valence-electron chi connectivity index (χ1n) is 7.94. The number of benzene rings is 1. The Balaban J connectivity index is 1.99. The Hall–Kier alpha value is -2.21. The van der Waals surface area contributed by atoms with E-state index in [1.807, 2.05) is 26.1 Å². The number of ether oxygens (including phenoxy) is 1. The van der Waals surface area contributed by atoms with Crippen molar-refractivity contribution >= 4 is 22.3 Å². The molecule has 1 atom stereocenters. The quantitative estimate of drug-likeness (QED) is 0.638. The number of nitro benzene ring substituents is 1. The molecule has 0 bridgehead atoms. The number of aryl methyl sites for hydroxylation is 1. The molecule has 0 radical (unpaired) electrons. The van der Waals surface area contributed by atoms with Crippen molar-refractivity contribution in [2.75, 3.05) is 25.1 Å². The average molecular weight is 315 g/mol. The first-order valence-corrected chi connectivity index (χ1v) is 7.94. The van der Waals surface area contributed by atoms with Crippen molar-refractivity contribution in [3.05, 3.63) is 40.1 Å². The summed E-state index contributed by atoms with van der Waals surface area (Å²) in [6.45, 7) is 3.46. The van der Waals surface area contributed by atoms with Gasteiger partial charge < -0.3 is 9.64 Å². The van der Waals surface area contributed by atoms with Crippen LogP contribution in [-0.4, -0.2) is 36.2 Å². The summed E-state index contributed by atoms with van der Waals surface area (Å²) in [5.74, 6) is 0. The van der Waals surface area contributed by atoms with E-state index in [9.17, 15) is 10.1 Å². The minimum Gasteiger partial charge on any atom is -0.376 e. The SMILES string of the molecule is Cc1cc(N(C)CC2CCCCO2)c2cccc([N+](=O)[O-])c2n1. The molecule has 0 amide bonds. The van der Waals surface area contributed by atoms with Gasteiger partial charge in [0.15, 0.2) is 5.52 Å². The van der Waals surface area contributed by atoms with Crippen LogP contribution in [0.15, 0.2) is 24.3 Å². The van der Waals surface area contributed by atoms with Gasteiger partial charge in [0.25, 0.3) is 5.69 Å².